The number of carbonyl (C=O) groups excluding carboxylic acids is 1. The van der Waals surface area contributed by atoms with Gasteiger partial charge in [-0.1, -0.05) is 11.6 Å². The molecule has 5 rings (SSSR count). The molecule has 0 unspecified atom stereocenters. The zero-order valence-corrected chi connectivity index (χ0v) is 17.2. The van der Waals surface area contributed by atoms with E-state index < -0.39 is 0 Å². The van der Waals surface area contributed by atoms with Crippen LogP contribution in [0.5, 0.6) is 17.2 Å². The first-order chi connectivity index (χ1) is 15.1. The first-order valence-electron chi connectivity index (χ1n) is 9.56. The molecule has 1 aliphatic rings. The maximum Gasteiger partial charge on any atom is 0.255 e. The van der Waals surface area contributed by atoms with Gasteiger partial charge in [0.25, 0.3) is 5.91 Å². The molecular weight excluding hydrogens is 420 g/mol. The number of rotatable bonds is 4. The number of hydrogen-bond acceptors (Lipinski definition) is 6. The van der Waals surface area contributed by atoms with E-state index in [9.17, 15) is 4.79 Å². The van der Waals surface area contributed by atoms with Gasteiger partial charge in [0, 0.05) is 16.8 Å². The van der Waals surface area contributed by atoms with Crippen molar-refractivity contribution in [1.29, 1.82) is 0 Å². The molecule has 0 fully saturated rings. The molecule has 31 heavy (non-hydrogen) atoms. The summed E-state index contributed by atoms with van der Waals surface area (Å²) in [4.78, 5) is 17.2. The van der Waals surface area contributed by atoms with Crippen molar-refractivity contribution in [3.8, 4) is 28.7 Å². The van der Waals surface area contributed by atoms with Crippen LogP contribution in [-0.2, 0) is 0 Å². The first-order valence-corrected chi connectivity index (χ1v) is 9.94. The van der Waals surface area contributed by atoms with Gasteiger partial charge >= 0.3 is 0 Å². The highest BCUT2D eigenvalue weighted by Gasteiger charge is 2.16. The van der Waals surface area contributed by atoms with Crippen LogP contribution in [0, 0.1) is 0 Å². The summed E-state index contributed by atoms with van der Waals surface area (Å²) in [6, 6.07) is 15.7. The van der Waals surface area contributed by atoms with E-state index in [-0.39, 0.29) is 5.91 Å². The van der Waals surface area contributed by atoms with Gasteiger partial charge in [-0.25, -0.2) is 4.98 Å². The molecule has 4 aromatic rings. The summed E-state index contributed by atoms with van der Waals surface area (Å²) in [5.74, 6) is 1.94. The van der Waals surface area contributed by atoms with Crippen molar-refractivity contribution >= 4 is 34.3 Å². The normalized spacial score (nSPS) is 12.6. The molecule has 0 spiro atoms. The average molecular weight is 437 g/mol. The van der Waals surface area contributed by atoms with Gasteiger partial charge in [-0.3, -0.25) is 4.79 Å². The monoisotopic (exact) mass is 436 g/mol. The van der Waals surface area contributed by atoms with Crippen molar-refractivity contribution in [2.45, 2.75) is 0 Å². The van der Waals surface area contributed by atoms with Crippen molar-refractivity contribution in [2.24, 2.45) is 0 Å². The lowest BCUT2D eigenvalue weighted by atomic mass is 10.1. The number of anilines is 1. The molecule has 7 nitrogen and oxygen atoms in total. The third-order valence-corrected chi connectivity index (χ3v) is 5.14. The van der Waals surface area contributed by atoms with E-state index in [1.807, 2.05) is 6.07 Å². The largest absolute Gasteiger partial charge is 0.495 e. The lowest BCUT2D eigenvalue weighted by Gasteiger charge is -2.18. The number of halogens is 1. The Labute approximate surface area is 182 Å². The fourth-order valence-corrected chi connectivity index (χ4v) is 3.57. The van der Waals surface area contributed by atoms with E-state index in [2.05, 4.69) is 10.3 Å². The Hall–Kier alpha value is -3.71. The number of methoxy groups -OCH3 is 1. The summed E-state index contributed by atoms with van der Waals surface area (Å²) in [7, 11) is 1.56. The van der Waals surface area contributed by atoms with Crippen LogP contribution in [0.15, 0.2) is 59.0 Å². The molecule has 2 heterocycles. The second-order valence-corrected chi connectivity index (χ2v) is 7.27. The maximum atomic E-state index is 12.7. The summed E-state index contributed by atoms with van der Waals surface area (Å²) in [6.45, 7) is 0.962. The number of amides is 1. The molecule has 1 amide bonds. The van der Waals surface area contributed by atoms with E-state index in [4.69, 9.17) is 30.2 Å². The minimum atomic E-state index is -0.262. The summed E-state index contributed by atoms with van der Waals surface area (Å²) in [5.41, 5.74) is 3.00. The Bertz CT molecular complexity index is 1300. The summed E-state index contributed by atoms with van der Waals surface area (Å²) in [6.07, 6.45) is 0. The number of fused-ring (bicyclic) bond motifs is 2. The molecule has 0 saturated heterocycles. The summed E-state index contributed by atoms with van der Waals surface area (Å²) >= 11 is 6.20. The third-order valence-electron chi connectivity index (χ3n) is 4.85. The van der Waals surface area contributed by atoms with Gasteiger partial charge in [0.15, 0.2) is 17.1 Å². The zero-order chi connectivity index (χ0) is 21.4. The molecule has 0 atom stereocenters. The first kappa shape index (κ1) is 19.3. The highest BCUT2D eigenvalue weighted by Crippen LogP contribution is 2.33. The molecule has 0 aliphatic carbocycles. The molecule has 1 aromatic heterocycles. The highest BCUT2D eigenvalue weighted by molar-refractivity contribution is 6.32. The zero-order valence-electron chi connectivity index (χ0n) is 16.5. The van der Waals surface area contributed by atoms with Crippen molar-refractivity contribution in [3.63, 3.8) is 0 Å². The number of ether oxygens (including phenoxy) is 3. The number of benzene rings is 3. The average Bonchev–Trinajstić information content (AvgIpc) is 3.22. The van der Waals surface area contributed by atoms with Crippen molar-refractivity contribution in [2.75, 3.05) is 25.6 Å². The molecule has 0 radical (unpaired) electrons. The molecule has 0 bridgehead atoms. The van der Waals surface area contributed by atoms with Crippen LogP contribution in [0.3, 0.4) is 0 Å². The quantitative estimate of drug-likeness (QED) is 0.474. The Morgan fingerprint density at radius 1 is 1.03 bits per heavy atom. The van der Waals surface area contributed by atoms with E-state index >= 15 is 0 Å². The van der Waals surface area contributed by atoms with Crippen molar-refractivity contribution < 1.29 is 23.4 Å². The fraction of sp³-hybridized carbons (Fsp3) is 0.130. The predicted molar refractivity (Wildman–Crippen MR) is 116 cm³/mol. The number of carbonyl (C=O) groups is 1. The number of nitrogens with zero attached hydrogens (tertiary/aromatic N) is 1. The number of aromatic nitrogens is 1. The smallest absolute Gasteiger partial charge is 0.255 e. The minimum absolute atomic E-state index is 0.262. The summed E-state index contributed by atoms with van der Waals surface area (Å²) in [5, 5.41) is 3.34. The van der Waals surface area contributed by atoms with Crippen molar-refractivity contribution in [3.05, 3.63) is 65.2 Å². The molecule has 3 aromatic carbocycles. The van der Waals surface area contributed by atoms with Crippen LogP contribution in [-0.4, -0.2) is 31.2 Å². The fourth-order valence-electron chi connectivity index (χ4n) is 3.32. The number of hydrogen-bond donors (Lipinski definition) is 1. The van der Waals surface area contributed by atoms with Gasteiger partial charge < -0.3 is 23.9 Å². The van der Waals surface area contributed by atoms with Gasteiger partial charge in [0.05, 0.1) is 12.1 Å². The van der Waals surface area contributed by atoms with Gasteiger partial charge in [-0.2, -0.15) is 0 Å². The second kappa shape index (κ2) is 7.85. The predicted octanol–water partition coefficient (Wildman–Crippen LogP) is 5.18. The van der Waals surface area contributed by atoms with Gasteiger partial charge in [0.2, 0.25) is 5.89 Å². The van der Waals surface area contributed by atoms with E-state index in [0.29, 0.717) is 63.7 Å². The van der Waals surface area contributed by atoms with Crippen LogP contribution in [0.25, 0.3) is 22.6 Å². The van der Waals surface area contributed by atoms with Crippen molar-refractivity contribution in [1.82, 2.24) is 4.98 Å². The van der Waals surface area contributed by atoms with Crippen LogP contribution >= 0.6 is 11.6 Å². The van der Waals surface area contributed by atoms with Crippen LogP contribution in [0.1, 0.15) is 10.4 Å². The molecule has 1 N–H and O–H groups in total. The van der Waals surface area contributed by atoms with E-state index in [1.165, 1.54) is 0 Å². The number of nitrogens with one attached hydrogen (secondary N) is 1. The highest BCUT2D eigenvalue weighted by atomic mass is 35.5. The molecule has 156 valence electrons. The molecule has 0 saturated carbocycles. The maximum absolute atomic E-state index is 12.7. The van der Waals surface area contributed by atoms with Gasteiger partial charge in [0.1, 0.15) is 24.5 Å². The number of oxazole rings is 1. The van der Waals surface area contributed by atoms with E-state index in [1.54, 1.807) is 55.6 Å². The van der Waals surface area contributed by atoms with Crippen LogP contribution < -0.4 is 19.5 Å². The Balaban J connectivity index is 1.39. The van der Waals surface area contributed by atoms with Gasteiger partial charge in [-0.05, 0) is 54.6 Å². The second-order valence-electron chi connectivity index (χ2n) is 6.86. The molecular formula is C23H17ClN2O5. The SMILES string of the molecule is COc1ccc(-c2nc3cc(NC(=O)c4ccc5c(c4)OCCO5)ccc3o2)cc1Cl. The lowest BCUT2D eigenvalue weighted by molar-refractivity contribution is 0.102. The molecule has 1 aliphatic heterocycles. The Morgan fingerprint density at radius 3 is 2.68 bits per heavy atom. The van der Waals surface area contributed by atoms with E-state index in [0.717, 1.165) is 5.56 Å². The molecule has 8 heteroatoms. The topological polar surface area (TPSA) is 82.8 Å². The minimum Gasteiger partial charge on any atom is -0.495 e. The van der Waals surface area contributed by atoms with Crippen LogP contribution in [0.2, 0.25) is 5.02 Å². The van der Waals surface area contributed by atoms with Gasteiger partial charge in [-0.15, -0.1) is 0 Å². The Kier molecular flexibility index (Phi) is 4.88. The lowest BCUT2D eigenvalue weighted by Crippen LogP contribution is -2.17. The Morgan fingerprint density at radius 2 is 1.87 bits per heavy atom. The summed E-state index contributed by atoms with van der Waals surface area (Å²) < 4.78 is 22.1. The third kappa shape index (κ3) is 3.75. The standard InChI is InChI=1S/C23H17ClN2O5/c1-28-18-5-3-14(10-16(18)24)23-26-17-12-15(4-7-19(17)31-23)25-22(27)13-2-6-20-21(11-13)30-9-8-29-20/h2-7,10-12H,8-9H2,1H3,(H,25,27). The van der Waals surface area contributed by atoms with Crippen LogP contribution in [0.4, 0.5) is 5.69 Å².